The summed E-state index contributed by atoms with van der Waals surface area (Å²) in [6.07, 6.45) is 0.637. The molecule has 3 amide bonds. The first-order valence-electron chi connectivity index (χ1n) is 9.42. The number of carbonyl (C=O) groups excluding carboxylic acids is 4. The number of ether oxygens (including phenoxy) is 1. The first kappa shape index (κ1) is 20.3. The highest BCUT2D eigenvalue weighted by Gasteiger charge is 2.38. The minimum absolute atomic E-state index is 0.117. The third-order valence-corrected chi connectivity index (χ3v) is 4.85. The van der Waals surface area contributed by atoms with Gasteiger partial charge in [0.1, 0.15) is 0 Å². The molecule has 7 heteroatoms. The van der Waals surface area contributed by atoms with Gasteiger partial charge in [0.25, 0.3) is 17.7 Å². The molecule has 1 atom stereocenters. The van der Waals surface area contributed by atoms with Crippen molar-refractivity contribution in [2.75, 3.05) is 6.61 Å². The van der Waals surface area contributed by atoms with E-state index in [4.69, 9.17) is 4.74 Å². The molecule has 1 aliphatic heterocycles. The van der Waals surface area contributed by atoms with E-state index in [0.717, 1.165) is 5.56 Å². The molecule has 0 bridgehead atoms. The molecule has 0 aliphatic carbocycles. The lowest BCUT2D eigenvalue weighted by molar-refractivity contribution is -0.124. The molecule has 1 heterocycles. The molecule has 2 aromatic carbocycles. The fourth-order valence-electron chi connectivity index (χ4n) is 3.03. The van der Waals surface area contributed by atoms with Crippen LogP contribution < -0.4 is 5.32 Å². The molecule has 0 saturated heterocycles. The second kappa shape index (κ2) is 8.68. The Morgan fingerprint density at radius 2 is 1.72 bits per heavy atom. The van der Waals surface area contributed by atoms with E-state index < -0.39 is 24.4 Å². The van der Waals surface area contributed by atoms with E-state index in [0.29, 0.717) is 13.0 Å². The van der Waals surface area contributed by atoms with Crippen LogP contribution in [0.3, 0.4) is 0 Å². The summed E-state index contributed by atoms with van der Waals surface area (Å²) in [6.45, 7) is 3.58. The average molecular weight is 394 g/mol. The lowest BCUT2D eigenvalue weighted by Gasteiger charge is -2.20. The zero-order valence-electron chi connectivity index (χ0n) is 16.3. The van der Waals surface area contributed by atoms with Crippen molar-refractivity contribution in [3.05, 3.63) is 70.8 Å². The maximum Gasteiger partial charge on any atom is 0.338 e. The van der Waals surface area contributed by atoms with Crippen molar-refractivity contribution in [2.24, 2.45) is 0 Å². The smallest absolute Gasteiger partial charge is 0.338 e. The fourth-order valence-corrected chi connectivity index (χ4v) is 3.03. The Bertz CT molecular complexity index is 955. The highest BCUT2D eigenvalue weighted by atomic mass is 16.5. The highest BCUT2D eigenvalue weighted by Crippen LogP contribution is 2.26. The summed E-state index contributed by atoms with van der Waals surface area (Å²) < 4.78 is 5.03. The van der Waals surface area contributed by atoms with E-state index in [1.807, 2.05) is 37.3 Å². The predicted octanol–water partition coefficient (Wildman–Crippen LogP) is 2.55. The molecule has 0 aromatic heterocycles. The number of benzene rings is 2. The zero-order chi connectivity index (χ0) is 21.0. The lowest BCUT2D eigenvalue weighted by atomic mass is 10.1. The van der Waals surface area contributed by atoms with Gasteiger partial charge in [-0.25, -0.2) is 4.79 Å². The van der Waals surface area contributed by atoms with Gasteiger partial charge in [0.2, 0.25) is 0 Å². The molecule has 2 aromatic rings. The van der Waals surface area contributed by atoms with Crippen molar-refractivity contribution < 1.29 is 23.9 Å². The summed E-state index contributed by atoms with van der Waals surface area (Å²) in [7, 11) is 0. The van der Waals surface area contributed by atoms with Gasteiger partial charge in [-0.3, -0.25) is 19.3 Å². The Labute approximate surface area is 168 Å². The topological polar surface area (TPSA) is 92.8 Å². The molecular formula is C22H22N2O5. The maximum absolute atomic E-state index is 12.6. The number of amides is 3. The van der Waals surface area contributed by atoms with Gasteiger partial charge in [0.15, 0.2) is 6.61 Å². The van der Waals surface area contributed by atoms with Gasteiger partial charge in [-0.15, -0.1) is 0 Å². The third-order valence-electron chi connectivity index (χ3n) is 4.85. The standard InChI is InChI=1S/C22H22N2O5/c1-3-14(2)24-20(26)17-10-9-16(11-18(17)21(24)27)22(28)29-13-19(25)23-12-15-7-5-4-6-8-15/h4-11,14H,3,12-13H2,1-2H3,(H,23,25). The van der Waals surface area contributed by atoms with Crippen LogP contribution >= 0.6 is 0 Å². The van der Waals surface area contributed by atoms with Crippen LogP contribution in [0, 0.1) is 0 Å². The molecule has 1 aliphatic rings. The van der Waals surface area contributed by atoms with Crippen LogP contribution in [0.5, 0.6) is 0 Å². The molecule has 0 fully saturated rings. The Hall–Kier alpha value is -3.48. The monoisotopic (exact) mass is 394 g/mol. The predicted molar refractivity (Wildman–Crippen MR) is 105 cm³/mol. The first-order valence-corrected chi connectivity index (χ1v) is 9.42. The van der Waals surface area contributed by atoms with E-state index in [1.54, 1.807) is 6.92 Å². The van der Waals surface area contributed by atoms with Crippen molar-refractivity contribution >= 4 is 23.7 Å². The highest BCUT2D eigenvalue weighted by molar-refractivity contribution is 6.22. The molecule has 7 nitrogen and oxygen atoms in total. The second-order valence-electron chi connectivity index (χ2n) is 6.84. The van der Waals surface area contributed by atoms with E-state index in [9.17, 15) is 19.2 Å². The van der Waals surface area contributed by atoms with Crippen molar-refractivity contribution in [1.82, 2.24) is 10.2 Å². The Kier molecular flexibility index (Phi) is 6.07. The molecule has 0 saturated carbocycles. The summed E-state index contributed by atoms with van der Waals surface area (Å²) >= 11 is 0. The van der Waals surface area contributed by atoms with Crippen molar-refractivity contribution in [1.29, 1.82) is 0 Å². The quantitative estimate of drug-likeness (QED) is 0.575. The van der Waals surface area contributed by atoms with E-state index in [1.165, 1.54) is 23.1 Å². The number of nitrogens with one attached hydrogen (secondary N) is 1. The number of carbonyl (C=O) groups is 4. The number of hydrogen-bond acceptors (Lipinski definition) is 5. The van der Waals surface area contributed by atoms with Crippen molar-refractivity contribution in [2.45, 2.75) is 32.9 Å². The first-order chi connectivity index (χ1) is 13.9. The number of fused-ring (bicyclic) bond motifs is 1. The van der Waals surface area contributed by atoms with Crippen molar-refractivity contribution in [3.63, 3.8) is 0 Å². The summed E-state index contributed by atoms with van der Waals surface area (Å²) in [5.41, 5.74) is 1.50. The van der Waals surface area contributed by atoms with Crippen LogP contribution in [-0.4, -0.2) is 41.2 Å². The summed E-state index contributed by atoms with van der Waals surface area (Å²) in [5.74, 6) is -1.95. The van der Waals surface area contributed by atoms with Gasteiger partial charge >= 0.3 is 5.97 Å². The average Bonchev–Trinajstić information content (AvgIpc) is 3.00. The number of hydrogen-bond donors (Lipinski definition) is 1. The molecule has 150 valence electrons. The van der Waals surface area contributed by atoms with Gasteiger partial charge in [0.05, 0.1) is 16.7 Å². The van der Waals surface area contributed by atoms with Crippen molar-refractivity contribution in [3.8, 4) is 0 Å². The summed E-state index contributed by atoms with van der Waals surface area (Å²) in [4.78, 5) is 50.4. The lowest BCUT2D eigenvalue weighted by Crippen LogP contribution is -2.37. The molecule has 1 unspecified atom stereocenters. The Morgan fingerprint density at radius 3 is 2.41 bits per heavy atom. The van der Waals surface area contributed by atoms with Crippen LogP contribution in [0.2, 0.25) is 0 Å². The number of nitrogens with zero attached hydrogens (tertiary/aromatic N) is 1. The number of rotatable bonds is 7. The SMILES string of the molecule is CCC(C)N1C(=O)c2ccc(C(=O)OCC(=O)NCc3ccccc3)cc2C1=O. The van der Waals surface area contributed by atoms with Gasteiger partial charge in [-0.05, 0) is 37.1 Å². The van der Waals surface area contributed by atoms with Gasteiger partial charge < -0.3 is 10.1 Å². The zero-order valence-corrected chi connectivity index (χ0v) is 16.3. The van der Waals surface area contributed by atoms with Gasteiger partial charge in [0, 0.05) is 12.6 Å². The van der Waals surface area contributed by atoms with Crippen LogP contribution in [0.4, 0.5) is 0 Å². The molecule has 1 N–H and O–H groups in total. The normalized spacial score (nSPS) is 13.8. The Balaban J connectivity index is 1.60. The molecular weight excluding hydrogens is 372 g/mol. The van der Waals surface area contributed by atoms with Gasteiger partial charge in [-0.2, -0.15) is 0 Å². The summed E-state index contributed by atoms with van der Waals surface area (Å²) in [5, 5.41) is 2.66. The Morgan fingerprint density at radius 1 is 1.03 bits per heavy atom. The number of imide groups is 1. The maximum atomic E-state index is 12.6. The molecule has 3 rings (SSSR count). The molecule has 0 radical (unpaired) electrons. The van der Waals surface area contributed by atoms with Crippen LogP contribution in [0.15, 0.2) is 48.5 Å². The minimum atomic E-state index is -0.732. The van der Waals surface area contributed by atoms with E-state index >= 15 is 0 Å². The molecule has 0 spiro atoms. The number of esters is 1. The van der Waals surface area contributed by atoms with Crippen LogP contribution in [0.1, 0.15) is 56.9 Å². The van der Waals surface area contributed by atoms with E-state index in [2.05, 4.69) is 5.32 Å². The van der Waals surface area contributed by atoms with Gasteiger partial charge in [-0.1, -0.05) is 37.3 Å². The van der Waals surface area contributed by atoms with Crippen LogP contribution in [0.25, 0.3) is 0 Å². The van der Waals surface area contributed by atoms with E-state index in [-0.39, 0.29) is 28.6 Å². The summed E-state index contributed by atoms with van der Waals surface area (Å²) in [6, 6.07) is 13.3. The largest absolute Gasteiger partial charge is 0.452 e. The molecule has 29 heavy (non-hydrogen) atoms. The second-order valence-corrected chi connectivity index (χ2v) is 6.84. The third kappa shape index (κ3) is 4.34. The minimum Gasteiger partial charge on any atom is -0.452 e. The van der Waals surface area contributed by atoms with Crippen LogP contribution in [-0.2, 0) is 16.1 Å². The fraction of sp³-hybridized carbons (Fsp3) is 0.273.